The first-order valence-electron chi connectivity index (χ1n) is 8.35. The SMILES string of the molecule is CC(C)c1ccc(C2SCCN2C(=O)c2ccc([N+](=O)[O-])cc2Cl)cc1. The minimum atomic E-state index is -0.523. The second-order valence-electron chi connectivity index (χ2n) is 6.46. The summed E-state index contributed by atoms with van der Waals surface area (Å²) in [5.74, 6) is 1.09. The van der Waals surface area contributed by atoms with Gasteiger partial charge in [-0.15, -0.1) is 11.8 Å². The van der Waals surface area contributed by atoms with Crippen molar-refractivity contribution >= 4 is 35.0 Å². The fourth-order valence-corrected chi connectivity index (χ4v) is 4.46. The average Bonchev–Trinajstić information content (AvgIpc) is 3.10. The van der Waals surface area contributed by atoms with Crippen molar-refractivity contribution in [1.29, 1.82) is 0 Å². The number of halogens is 1. The lowest BCUT2D eigenvalue weighted by molar-refractivity contribution is -0.384. The Morgan fingerprint density at radius 3 is 2.54 bits per heavy atom. The first kappa shape index (κ1) is 18.7. The number of hydrogen-bond acceptors (Lipinski definition) is 4. The Kier molecular flexibility index (Phi) is 5.53. The number of carbonyl (C=O) groups excluding carboxylic acids is 1. The van der Waals surface area contributed by atoms with Gasteiger partial charge in [0.25, 0.3) is 11.6 Å². The summed E-state index contributed by atoms with van der Waals surface area (Å²) in [4.78, 5) is 25.1. The van der Waals surface area contributed by atoms with Crippen molar-refractivity contribution in [2.45, 2.75) is 25.1 Å². The first-order chi connectivity index (χ1) is 12.4. The summed E-state index contributed by atoms with van der Waals surface area (Å²) in [6, 6.07) is 12.3. The Labute approximate surface area is 161 Å². The molecule has 2 aromatic rings. The monoisotopic (exact) mass is 390 g/mol. The molecule has 136 valence electrons. The number of rotatable bonds is 4. The number of amides is 1. The molecule has 5 nitrogen and oxygen atoms in total. The van der Waals surface area contributed by atoms with Gasteiger partial charge in [0, 0.05) is 24.4 Å². The average molecular weight is 391 g/mol. The predicted octanol–water partition coefficient (Wildman–Crippen LogP) is 5.26. The van der Waals surface area contributed by atoms with Crippen LogP contribution in [-0.4, -0.2) is 28.0 Å². The van der Waals surface area contributed by atoms with Crippen molar-refractivity contribution in [2.75, 3.05) is 12.3 Å². The van der Waals surface area contributed by atoms with Crippen molar-refractivity contribution < 1.29 is 9.72 Å². The maximum atomic E-state index is 13.0. The van der Waals surface area contributed by atoms with Gasteiger partial charge in [0.1, 0.15) is 5.37 Å². The highest BCUT2D eigenvalue weighted by molar-refractivity contribution is 7.99. The molecule has 1 aliphatic rings. The number of hydrogen-bond donors (Lipinski definition) is 0. The smallest absolute Gasteiger partial charge is 0.270 e. The van der Waals surface area contributed by atoms with Crippen molar-refractivity contribution in [2.24, 2.45) is 0 Å². The number of carbonyl (C=O) groups is 1. The Morgan fingerprint density at radius 2 is 1.96 bits per heavy atom. The Hall–Kier alpha value is -2.05. The van der Waals surface area contributed by atoms with Gasteiger partial charge in [-0.25, -0.2) is 0 Å². The lowest BCUT2D eigenvalue weighted by Crippen LogP contribution is -2.30. The quantitative estimate of drug-likeness (QED) is 0.527. The molecule has 0 N–H and O–H groups in total. The molecule has 1 unspecified atom stereocenters. The van der Waals surface area contributed by atoms with E-state index in [0.717, 1.165) is 11.3 Å². The number of non-ortho nitro benzene ring substituents is 1. The van der Waals surface area contributed by atoms with Gasteiger partial charge in [0.05, 0.1) is 15.5 Å². The minimum absolute atomic E-state index is 0.0741. The summed E-state index contributed by atoms with van der Waals surface area (Å²) in [7, 11) is 0. The molecule has 0 bridgehead atoms. The fraction of sp³-hybridized carbons (Fsp3) is 0.316. The van der Waals surface area contributed by atoms with E-state index < -0.39 is 4.92 Å². The second-order valence-corrected chi connectivity index (χ2v) is 8.06. The summed E-state index contributed by atoms with van der Waals surface area (Å²) in [6.07, 6.45) is 0. The van der Waals surface area contributed by atoms with Crippen molar-refractivity contribution in [3.8, 4) is 0 Å². The molecular weight excluding hydrogens is 372 g/mol. The number of nitrogens with zero attached hydrogens (tertiary/aromatic N) is 2. The molecule has 1 amide bonds. The molecule has 0 aromatic heterocycles. The Balaban J connectivity index is 1.85. The van der Waals surface area contributed by atoms with Crippen LogP contribution in [0.4, 0.5) is 5.69 Å². The van der Waals surface area contributed by atoms with Crippen LogP contribution in [0.15, 0.2) is 42.5 Å². The van der Waals surface area contributed by atoms with Crippen molar-refractivity contribution in [3.63, 3.8) is 0 Å². The van der Waals surface area contributed by atoms with Crippen LogP contribution in [0.3, 0.4) is 0 Å². The molecule has 0 radical (unpaired) electrons. The summed E-state index contributed by atoms with van der Waals surface area (Å²) >= 11 is 7.85. The molecule has 1 fully saturated rings. The minimum Gasteiger partial charge on any atom is -0.322 e. The van der Waals surface area contributed by atoms with Gasteiger partial charge in [-0.2, -0.15) is 0 Å². The predicted molar refractivity (Wildman–Crippen MR) is 105 cm³/mol. The summed E-state index contributed by atoms with van der Waals surface area (Å²) in [5.41, 5.74) is 2.50. The van der Waals surface area contributed by atoms with Crippen LogP contribution in [0.2, 0.25) is 5.02 Å². The maximum absolute atomic E-state index is 13.0. The topological polar surface area (TPSA) is 63.5 Å². The lowest BCUT2D eigenvalue weighted by atomic mass is 10.0. The van der Waals surface area contributed by atoms with E-state index in [1.165, 1.54) is 23.8 Å². The fourth-order valence-electron chi connectivity index (χ4n) is 2.95. The third-order valence-electron chi connectivity index (χ3n) is 4.43. The molecule has 0 aliphatic carbocycles. The highest BCUT2D eigenvalue weighted by atomic mass is 35.5. The molecule has 0 saturated carbocycles. The van der Waals surface area contributed by atoms with Crippen LogP contribution in [-0.2, 0) is 0 Å². The van der Waals surface area contributed by atoms with Crippen molar-refractivity contribution in [1.82, 2.24) is 4.90 Å². The van der Waals surface area contributed by atoms with Crippen LogP contribution in [0.5, 0.6) is 0 Å². The van der Waals surface area contributed by atoms with Crippen LogP contribution >= 0.6 is 23.4 Å². The number of benzene rings is 2. The Morgan fingerprint density at radius 1 is 1.27 bits per heavy atom. The van der Waals surface area contributed by atoms with Crippen LogP contribution in [0.25, 0.3) is 0 Å². The molecule has 2 aromatic carbocycles. The van der Waals surface area contributed by atoms with Crippen LogP contribution in [0.1, 0.15) is 46.6 Å². The Bertz CT molecular complexity index is 839. The molecule has 26 heavy (non-hydrogen) atoms. The number of thioether (sulfide) groups is 1. The van der Waals surface area contributed by atoms with Gasteiger partial charge in [-0.3, -0.25) is 14.9 Å². The normalized spacial score (nSPS) is 16.9. The zero-order chi connectivity index (χ0) is 18.8. The van der Waals surface area contributed by atoms with E-state index in [4.69, 9.17) is 11.6 Å². The van der Waals surface area contributed by atoms with Crippen LogP contribution < -0.4 is 0 Å². The van der Waals surface area contributed by atoms with Gasteiger partial charge in [0.15, 0.2) is 0 Å². The van der Waals surface area contributed by atoms with Gasteiger partial charge in [-0.1, -0.05) is 49.7 Å². The highest BCUT2D eigenvalue weighted by Crippen LogP contribution is 2.40. The van der Waals surface area contributed by atoms with E-state index >= 15 is 0 Å². The molecule has 1 saturated heterocycles. The largest absolute Gasteiger partial charge is 0.322 e. The summed E-state index contributed by atoms with van der Waals surface area (Å²) in [5, 5.41) is 10.9. The van der Waals surface area contributed by atoms with Crippen molar-refractivity contribution in [3.05, 3.63) is 74.3 Å². The van der Waals surface area contributed by atoms with Gasteiger partial charge >= 0.3 is 0 Å². The molecule has 1 aliphatic heterocycles. The number of nitro groups is 1. The zero-order valence-corrected chi connectivity index (χ0v) is 16.1. The van der Waals surface area contributed by atoms with Gasteiger partial charge < -0.3 is 4.90 Å². The standard InChI is InChI=1S/C19H19ClN2O3S/c1-12(2)13-3-5-14(6-4-13)19-21(9-10-26-19)18(23)16-8-7-15(22(24)25)11-17(16)20/h3-8,11-12,19H,9-10H2,1-2H3. The van der Waals surface area contributed by atoms with E-state index in [2.05, 4.69) is 38.1 Å². The molecule has 1 atom stereocenters. The zero-order valence-electron chi connectivity index (χ0n) is 14.5. The van der Waals surface area contributed by atoms with E-state index in [9.17, 15) is 14.9 Å². The van der Waals surface area contributed by atoms with Gasteiger partial charge in [0.2, 0.25) is 0 Å². The highest BCUT2D eigenvalue weighted by Gasteiger charge is 2.32. The first-order valence-corrected chi connectivity index (χ1v) is 9.77. The van der Waals surface area contributed by atoms with E-state index in [1.54, 1.807) is 16.7 Å². The third-order valence-corrected chi connectivity index (χ3v) is 6.01. The summed E-state index contributed by atoms with van der Waals surface area (Å²) in [6.45, 7) is 4.91. The lowest BCUT2D eigenvalue weighted by Gasteiger charge is -2.25. The molecular formula is C19H19ClN2O3S. The van der Waals surface area contributed by atoms with E-state index in [0.29, 0.717) is 18.0 Å². The van der Waals surface area contributed by atoms with Gasteiger partial charge in [-0.05, 0) is 23.1 Å². The molecule has 1 heterocycles. The second kappa shape index (κ2) is 7.68. The van der Waals surface area contributed by atoms with E-state index in [-0.39, 0.29) is 22.0 Å². The summed E-state index contributed by atoms with van der Waals surface area (Å²) < 4.78 is 0. The molecule has 7 heteroatoms. The number of nitro benzene ring substituents is 1. The maximum Gasteiger partial charge on any atom is 0.270 e. The van der Waals surface area contributed by atoms with E-state index in [1.807, 2.05) is 0 Å². The third kappa shape index (κ3) is 3.71. The van der Waals surface area contributed by atoms with Crippen LogP contribution in [0, 0.1) is 10.1 Å². The molecule has 3 rings (SSSR count). The molecule has 0 spiro atoms.